The molecule has 1 heterocycles. The third kappa shape index (κ3) is 2.96. The average Bonchev–Trinajstić information content (AvgIpc) is 2.40. The van der Waals surface area contributed by atoms with Gasteiger partial charge in [0, 0.05) is 30.6 Å². The van der Waals surface area contributed by atoms with Crippen LogP contribution in [-0.4, -0.2) is 22.1 Å². The highest BCUT2D eigenvalue weighted by atomic mass is 16.4. The van der Waals surface area contributed by atoms with E-state index in [1.165, 1.54) is 5.56 Å². The van der Waals surface area contributed by atoms with E-state index in [1.54, 1.807) is 6.20 Å². The number of carboxylic acids is 1. The molecule has 1 saturated carbocycles. The van der Waals surface area contributed by atoms with Gasteiger partial charge in [0.25, 0.3) is 0 Å². The molecule has 3 rings (SSSR count). The van der Waals surface area contributed by atoms with Gasteiger partial charge >= 0.3 is 5.97 Å². The summed E-state index contributed by atoms with van der Waals surface area (Å²) < 4.78 is 0. The summed E-state index contributed by atoms with van der Waals surface area (Å²) in [6, 6.07) is 10.8. The third-order valence-corrected chi connectivity index (χ3v) is 3.96. The zero-order valence-electron chi connectivity index (χ0n) is 11.2. The first-order valence-corrected chi connectivity index (χ1v) is 6.99. The first-order chi connectivity index (χ1) is 9.70. The van der Waals surface area contributed by atoms with Gasteiger partial charge in [0.2, 0.25) is 0 Å². The van der Waals surface area contributed by atoms with Crippen molar-refractivity contribution >= 4 is 16.9 Å². The van der Waals surface area contributed by atoms with E-state index in [9.17, 15) is 4.79 Å². The molecule has 1 aromatic heterocycles. The number of fused-ring (bicyclic) bond motifs is 1. The normalized spacial score (nSPS) is 21.6. The summed E-state index contributed by atoms with van der Waals surface area (Å²) in [7, 11) is 0. The Balaban J connectivity index is 1.52. The first kappa shape index (κ1) is 13.1. The molecule has 1 aliphatic rings. The quantitative estimate of drug-likeness (QED) is 0.876. The second-order valence-corrected chi connectivity index (χ2v) is 5.54. The molecule has 0 radical (unpaired) electrons. The van der Waals surface area contributed by atoms with Crippen LogP contribution in [0.3, 0.4) is 0 Å². The van der Waals surface area contributed by atoms with Crippen LogP contribution in [-0.2, 0) is 11.3 Å². The molecule has 0 atom stereocenters. The zero-order valence-corrected chi connectivity index (χ0v) is 11.2. The standard InChI is InChI=1S/C16H18N2O2/c19-16(20)9-12-7-14(8-12)18-10-11-3-4-15-13(6-11)2-1-5-17-15/h1-6,12,14,18H,7-10H2,(H,19,20). The van der Waals surface area contributed by atoms with Crippen molar-refractivity contribution < 1.29 is 9.90 Å². The van der Waals surface area contributed by atoms with Gasteiger partial charge in [-0.1, -0.05) is 12.1 Å². The summed E-state index contributed by atoms with van der Waals surface area (Å²) in [5.74, 6) is -0.332. The molecule has 2 aromatic rings. The number of carboxylic acid groups (broad SMARTS) is 1. The Morgan fingerprint density at radius 1 is 1.35 bits per heavy atom. The molecule has 0 saturated heterocycles. The summed E-state index contributed by atoms with van der Waals surface area (Å²) in [6.45, 7) is 0.829. The average molecular weight is 270 g/mol. The maximum absolute atomic E-state index is 10.6. The molecule has 2 N–H and O–H groups in total. The Morgan fingerprint density at radius 2 is 2.20 bits per heavy atom. The fraction of sp³-hybridized carbons (Fsp3) is 0.375. The van der Waals surface area contributed by atoms with E-state index in [4.69, 9.17) is 5.11 Å². The fourth-order valence-corrected chi connectivity index (χ4v) is 2.81. The van der Waals surface area contributed by atoms with Crippen LogP contribution in [0.5, 0.6) is 0 Å². The maximum atomic E-state index is 10.6. The van der Waals surface area contributed by atoms with E-state index in [0.29, 0.717) is 18.4 Å². The van der Waals surface area contributed by atoms with Gasteiger partial charge in [-0.3, -0.25) is 9.78 Å². The van der Waals surface area contributed by atoms with Crippen molar-refractivity contribution in [2.75, 3.05) is 0 Å². The molecule has 0 bridgehead atoms. The maximum Gasteiger partial charge on any atom is 0.303 e. The Bertz CT molecular complexity index is 621. The van der Waals surface area contributed by atoms with Crippen LogP contribution in [0, 0.1) is 5.92 Å². The molecular weight excluding hydrogens is 252 g/mol. The number of pyridine rings is 1. The van der Waals surface area contributed by atoms with Gasteiger partial charge in [0.15, 0.2) is 0 Å². The molecule has 20 heavy (non-hydrogen) atoms. The van der Waals surface area contributed by atoms with Crippen molar-refractivity contribution in [3.05, 3.63) is 42.1 Å². The molecule has 0 unspecified atom stereocenters. The third-order valence-electron chi connectivity index (χ3n) is 3.96. The Hall–Kier alpha value is -1.94. The van der Waals surface area contributed by atoms with E-state index in [0.717, 1.165) is 30.3 Å². The number of carbonyl (C=O) groups is 1. The predicted molar refractivity (Wildman–Crippen MR) is 77.3 cm³/mol. The van der Waals surface area contributed by atoms with Crippen molar-refractivity contribution in [3.63, 3.8) is 0 Å². The number of hydrogen-bond acceptors (Lipinski definition) is 3. The summed E-state index contributed by atoms with van der Waals surface area (Å²) in [6.07, 6.45) is 4.06. The highest BCUT2D eigenvalue weighted by molar-refractivity contribution is 5.78. The van der Waals surface area contributed by atoms with E-state index >= 15 is 0 Å². The van der Waals surface area contributed by atoms with Crippen LogP contribution < -0.4 is 5.32 Å². The highest BCUT2D eigenvalue weighted by Gasteiger charge is 2.30. The van der Waals surface area contributed by atoms with Gasteiger partial charge in [0.1, 0.15) is 0 Å². The first-order valence-electron chi connectivity index (χ1n) is 6.99. The molecule has 0 aliphatic heterocycles. The molecule has 1 aliphatic carbocycles. The minimum atomic E-state index is -0.685. The smallest absolute Gasteiger partial charge is 0.303 e. The van der Waals surface area contributed by atoms with Gasteiger partial charge in [-0.2, -0.15) is 0 Å². The number of aliphatic carboxylic acids is 1. The van der Waals surface area contributed by atoms with Crippen molar-refractivity contribution in [2.24, 2.45) is 5.92 Å². The fourth-order valence-electron chi connectivity index (χ4n) is 2.81. The van der Waals surface area contributed by atoms with Gasteiger partial charge in [0.05, 0.1) is 5.52 Å². The number of benzene rings is 1. The molecule has 4 nitrogen and oxygen atoms in total. The number of rotatable bonds is 5. The van der Waals surface area contributed by atoms with E-state index < -0.39 is 5.97 Å². The molecule has 0 amide bonds. The summed E-state index contributed by atoms with van der Waals surface area (Å²) in [5.41, 5.74) is 2.26. The van der Waals surface area contributed by atoms with Crippen LogP contribution >= 0.6 is 0 Å². The summed E-state index contributed by atoms with van der Waals surface area (Å²) >= 11 is 0. The lowest BCUT2D eigenvalue weighted by atomic mass is 9.78. The van der Waals surface area contributed by atoms with Crippen molar-refractivity contribution in [1.29, 1.82) is 0 Å². The van der Waals surface area contributed by atoms with Gasteiger partial charge < -0.3 is 10.4 Å². The lowest BCUT2D eigenvalue weighted by Crippen LogP contribution is -2.41. The van der Waals surface area contributed by atoms with E-state index in [1.807, 2.05) is 12.1 Å². The zero-order chi connectivity index (χ0) is 13.9. The topological polar surface area (TPSA) is 62.2 Å². The highest BCUT2D eigenvalue weighted by Crippen LogP contribution is 2.30. The second kappa shape index (κ2) is 5.59. The molecule has 1 aromatic carbocycles. The lowest BCUT2D eigenvalue weighted by molar-refractivity contribution is -0.138. The molecule has 1 fully saturated rings. The minimum Gasteiger partial charge on any atom is -0.481 e. The lowest BCUT2D eigenvalue weighted by Gasteiger charge is -2.35. The minimum absolute atomic E-state index is 0.305. The van der Waals surface area contributed by atoms with Crippen LogP contribution in [0.25, 0.3) is 10.9 Å². The van der Waals surface area contributed by atoms with Gasteiger partial charge in [-0.05, 0) is 42.5 Å². The molecule has 0 spiro atoms. The molecular formula is C16H18N2O2. The van der Waals surface area contributed by atoms with Crippen molar-refractivity contribution in [1.82, 2.24) is 10.3 Å². The van der Waals surface area contributed by atoms with Crippen LogP contribution in [0.4, 0.5) is 0 Å². The monoisotopic (exact) mass is 270 g/mol. The largest absolute Gasteiger partial charge is 0.481 e. The van der Waals surface area contributed by atoms with E-state index in [-0.39, 0.29) is 0 Å². The second-order valence-electron chi connectivity index (χ2n) is 5.54. The number of nitrogens with one attached hydrogen (secondary N) is 1. The van der Waals surface area contributed by atoms with Gasteiger partial charge in [-0.25, -0.2) is 0 Å². The van der Waals surface area contributed by atoms with Crippen LogP contribution in [0.15, 0.2) is 36.5 Å². The van der Waals surface area contributed by atoms with Crippen molar-refractivity contribution in [2.45, 2.75) is 31.8 Å². The Labute approximate surface area is 117 Å². The molecule has 4 heteroatoms. The van der Waals surface area contributed by atoms with Crippen LogP contribution in [0.1, 0.15) is 24.8 Å². The number of hydrogen-bond donors (Lipinski definition) is 2. The Kier molecular flexibility index (Phi) is 3.65. The number of nitrogens with zero attached hydrogens (tertiary/aromatic N) is 1. The van der Waals surface area contributed by atoms with E-state index in [2.05, 4.69) is 28.5 Å². The Morgan fingerprint density at radius 3 is 3.00 bits per heavy atom. The van der Waals surface area contributed by atoms with Crippen LogP contribution in [0.2, 0.25) is 0 Å². The predicted octanol–water partition coefficient (Wildman–Crippen LogP) is 2.58. The summed E-state index contributed by atoms with van der Waals surface area (Å²) in [5, 5.41) is 13.4. The SMILES string of the molecule is O=C(O)CC1CC(NCc2ccc3ncccc3c2)C1. The number of aromatic nitrogens is 1. The van der Waals surface area contributed by atoms with Crippen molar-refractivity contribution in [3.8, 4) is 0 Å². The molecule has 104 valence electrons. The van der Waals surface area contributed by atoms with Gasteiger partial charge in [-0.15, -0.1) is 0 Å². The summed E-state index contributed by atoms with van der Waals surface area (Å²) in [4.78, 5) is 14.9.